The maximum absolute atomic E-state index is 14.0. The van der Waals surface area contributed by atoms with E-state index in [9.17, 15) is 19.5 Å². The van der Waals surface area contributed by atoms with Crippen molar-refractivity contribution in [2.45, 2.75) is 76.2 Å². The Morgan fingerprint density at radius 3 is 2.88 bits per heavy atom. The zero-order chi connectivity index (χ0) is 28.1. The predicted molar refractivity (Wildman–Crippen MR) is 147 cm³/mol. The van der Waals surface area contributed by atoms with Crippen LogP contribution in [0.15, 0.2) is 30.5 Å². The first-order valence-corrected chi connectivity index (χ1v) is 14.4. The van der Waals surface area contributed by atoms with Gasteiger partial charge in [-0.1, -0.05) is 32.1 Å². The third kappa shape index (κ3) is 3.48. The van der Waals surface area contributed by atoms with E-state index in [1.807, 2.05) is 33.0 Å². The lowest BCUT2D eigenvalue weighted by atomic mass is 9.79. The molecule has 0 saturated carbocycles. The summed E-state index contributed by atoms with van der Waals surface area (Å²) in [5.74, 6) is -3.48. The van der Waals surface area contributed by atoms with Crippen LogP contribution >= 0.6 is 0 Å². The molecular formula is C30H37N5O5. The van der Waals surface area contributed by atoms with Gasteiger partial charge in [-0.25, -0.2) is 0 Å². The number of nitrogens with one attached hydrogen (secondary N) is 2. The lowest BCUT2D eigenvalue weighted by molar-refractivity contribution is -0.315. The number of carbonyl (C=O) groups is 3. The zero-order valence-corrected chi connectivity index (χ0v) is 23.4. The fraction of sp³-hybridized carbons (Fsp3) is 0.567. The average Bonchev–Trinajstić information content (AvgIpc) is 3.60. The number of carbonyl (C=O) groups excluding carboxylic acids is 3. The number of piperazine rings is 1. The molecule has 0 radical (unpaired) electrons. The van der Waals surface area contributed by atoms with Crippen molar-refractivity contribution in [2.75, 3.05) is 20.1 Å². The molecule has 7 rings (SSSR count). The molecule has 1 aromatic heterocycles. The second-order valence-electron chi connectivity index (χ2n) is 12.7. The molecule has 4 aliphatic heterocycles. The highest BCUT2D eigenvalue weighted by atomic mass is 16.7. The SMILES string of the molecule is CC(C)C[C@H]1C(=O)N2CCC[C@H]2[C@]2(O)O[C@@](C)(NC(=O)[C@H]3C=C4c5cccc6[nH]cc(c56)C[C@H]4N(C)C3)C(=O)N12. The van der Waals surface area contributed by atoms with Crippen molar-refractivity contribution in [1.82, 2.24) is 25.0 Å². The standard InChI is InChI=1S/C30H37N5O5/c1-16(2)11-23-27(37)34-10-6-9-24(34)30(39)35(23)28(38)29(3,40-30)32-26(36)18-12-20-19-7-5-8-21-25(19)17(14-31-21)13-22(20)33(4)15-18/h5,7-8,12,14,16,18,22-24,31,39H,6,9-11,13,15H2,1-4H3,(H,32,36)/t18-,22+,23-,24-,29+,30-/m0/s1. The third-order valence-electron chi connectivity index (χ3n) is 9.55. The van der Waals surface area contributed by atoms with Gasteiger partial charge in [0.25, 0.3) is 11.8 Å². The molecule has 3 fully saturated rings. The number of hydrogen-bond donors (Lipinski definition) is 3. The Morgan fingerprint density at radius 2 is 2.10 bits per heavy atom. The first-order valence-electron chi connectivity index (χ1n) is 14.4. The zero-order valence-electron chi connectivity index (χ0n) is 23.4. The molecule has 10 heteroatoms. The van der Waals surface area contributed by atoms with E-state index in [0.29, 0.717) is 25.9 Å². The number of fused-ring (bicyclic) bond motifs is 5. The highest BCUT2D eigenvalue weighted by Gasteiger charge is 2.70. The van der Waals surface area contributed by atoms with Crippen LogP contribution < -0.4 is 5.32 Å². The quantitative estimate of drug-likeness (QED) is 0.537. The number of ether oxygens (including phenoxy) is 1. The van der Waals surface area contributed by atoms with E-state index in [-0.39, 0.29) is 23.8 Å². The minimum Gasteiger partial charge on any atom is -0.361 e. The lowest BCUT2D eigenvalue weighted by Gasteiger charge is -2.49. The second kappa shape index (κ2) is 8.64. The van der Waals surface area contributed by atoms with Gasteiger partial charge in [0.15, 0.2) is 0 Å². The number of aliphatic hydroxyl groups is 1. The van der Waals surface area contributed by atoms with Crippen molar-refractivity contribution < 1.29 is 24.2 Å². The van der Waals surface area contributed by atoms with Crippen LogP contribution in [-0.4, -0.2) is 92.4 Å². The van der Waals surface area contributed by atoms with Gasteiger partial charge in [-0.05, 0) is 68.3 Å². The van der Waals surface area contributed by atoms with Gasteiger partial charge in [0, 0.05) is 36.2 Å². The van der Waals surface area contributed by atoms with Crippen LogP contribution in [0.2, 0.25) is 0 Å². The van der Waals surface area contributed by atoms with Crippen LogP contribution in [0.25, 0.3) is 16.5 Å². The van der Waals surface area contributed by atoms with Crippen LogP contribution in [0.1, 0.15) is 51.2 Å². The van der Waals surface area contributed by atoms with Gasteiger partial charge in [0.2, 0.25) is 17.5 Å². The molecule has 3 N–H and O–H groups in total. The number of aromatic amines is 1. The molecule has 5 aliphatic rings. The molecule has 1 aromatic carbocycles. The van der Waals surface area contributed by atoms with E-state index in [1.54, 1.807) is 4.90 Å². The van der Waals surface area contributed by atoms with E-state index in [1.165, 1.54) is 22.8 Å². The highest BCUT2D eigenvalue weighted by molar-refractivity contribution is 6.00. The highest BCUT2D eigenvalue weighted by Crippen LogP contribution is 2.46. The second-order valence-corrected chi connectivity index (χ2v) is 12.7. The summed E-state index contributed by atoms with van der Waals surface area (Å²) in [6, 6.07) is 4.84. The number of aromatic nitrogens is 1. The van der Waals surface area contributed by atoms with E-state index < -0.39 is 35.5 Å². The van der Waals surface area contributed by atoms with Gasteiger partial charge in [-0.15, -0.1) is 0 Å². The Morgan fingerprint density at radius 1 is 1.30 bits per heavy atom. The molecule has 10 nitrogen and oxygen atoms in total. The molecule has 5 heterocycles. The number of nitrogens with zero attached hydrogens (tertiary/aromatic N) is 3. The van der Waals surface area contributed by atoms with Crippen molar-refractivity contribution in [3.63, 3.8) is 0 Å². The van der Waals surface area contributed by atoms with Gasteiger partial charge < -0.3 is 20.3 Å². The molecule has 6 atom stereocenters. The Hall–Kier alpha value is -3.21. The van der Waals surface area contributed by atoms with Crippen LogP contribution in [0, 0.1) is 11.8 Å². The van der Waals surface area contributed by atoms with E-state index >= 15 is 0 Å². The smallest absolute Gasteiger partial charge is 0.280 e. The number of hydrogen-bond acceptors (Lipinski definition) is 6. The molecule has 3 saturated heterocycles. The van der Waals surface area contributed by atoms with Crippen LogP contribution in [-0.2, 0) is 25.5 Å². The minimum absolute atomic E-state index is 0.115. The number of amides is 3. The van der Waals surface area contributed by atoms with E-state index in [4.69, 9.17) is 4.74 Å². The van der Waals surface area contributed by atoms with E-state index in [0.717, 1.165) is 29.5 Å². The molecule has 1 aliphatic carbocycles. The van der Waals surface area contributed by atoms with Crippen molar-refractivity contribution in [2.24, 2.45) is 11.8 Å². The van der Waals surface area contributed by atoms with Crippen molar-refractivity contribution in [3.8, 4) is 0 Å². The summed E-state index contributed by atoms with van der Waals surface area (Å²) in [6.45, 7) is 6.46. The van der Waals surface area contributed by atoms with Gasteiger partial charge in [0.05, 0.1) is 5.92 Å². The van der Waals surface area contributed by atoms with Crippen molar-refractivity contribution in [1.29, 1.82) is 0 Å². The first-order chi connectivity index (χ1) is 19.0. The number of benzene rings is 1. The van der Waals surface area contributed by atoms with Crippen LogP contribution in [0.5, 0.6) is 0 Å². The van der Waals surface area contributed by atoms with Gasteiger partial charge in [0.1, 0.15) is 12.1 Å². The van der Waals surface area contributed by atoms with Gasteiger partial charge >= 0.3 is 0 Å². The van der Waals surface area contributed by atoms with Crippen molar-refractivity contribution in [3.05, 3.63) is 41.6 Å². The maximum atomic E-state index is 14.0. The fourth-order valence-electron chi connectivity index (χ4n) is 7.76. The van der Waals surface area contributed by atoms with Crippen LogP contribution in [0.4, 0.5) is 0 Å². The fourth-order valence-corrected chi connectivity index (χ4v) is 7.76. The summed E-state index contributed by atoms with van der Waals surface area (Å²) in [6.07, 6.45) is 6.61. The molecule has 212 valence electrons. The topological polar surface area (TPSA) is 118 Å². The normalized spacial score (nSPS) is 35.2. The monoisotopic (exact) mass is 547 g/mol. The predicted octanol–water partition coefficient (Wildman–Crippen LogP) is 1.79. The largest absolute Gasteiger partial charge is 0.361 e. The average molecular weight is 548 g/mol. The van der Waals surface area contributed by atoms with Gasteiger partial charge in [-0.3, -0.25) is 28.9 Å². The summed E-state index contributed by atoms with van der Waals surface area (Å²) in [4.78, 5) is 49.7. The summed E-state index contributed by atoms with van der Waals surface area (Å²) >= 11 is 0. The summed E-state index contributed by atoms with van der Waals surface area (Å²) in [5, 5.41) is 15.9. The molecule has 40 heavy (non-hydrogen) atoms. The Labute approximate surface area is 233 Å². The molecular weight excluding hydrogens is 510 g/mol. The molecule has 3 amide bonds. The molecule has 2 aromatic rings. The van der Waals surface area contributed by atoms with Crippen molar-refractivity contribution >= 4 is 34.2 Å². The molecule has 0 spiro atoms. The van der Waals surface area contributed by atoms with E-state index in [2.05, 4.69) is 33.5 Å². The minimum atomic E-state index is -1.99. The Bertz CT molecular complexity index is 1470. The number of likely N-dealkylation sites (N-methyl/N-ethyl adjacent to an activating group) is 1. The first kappa shape index (κ1) is 25.7. The molecule has 0 unspecified atom stereocenters. The van der Waals surface area contributed by atoms with Crippen LogP contribution in [0.3, 0.4) is 0 Å². The number of rotatable bonds is 4. The third-order valence-corrected chi connectivity index (χ3v) is 9.55. The number of H-pyrrole nitrogens is 1. The molecule has 0 bridgehead atoms. The summed E-state index contributed by atoms with van der Waals surface area (Å²) in [7, 11) is 2.02. The lowest BCUT2D eigenvalue weighted by Crippen LogP contribution is -2.71. The summed E-state index contributed by atoms with van der Waals surface area (Å²) < 4.78 is 6.17. The Kier molecular flexibility index (Phi) is 5.56. The van der Waals surface area contributed by atoms with Gasteiger partial charge in [-0.2, -0.15) is 0 Å². The summed E-state index contributed by atoms with van der Waals surface area (Å²) in [5.41, 5.74) is 2.78. The Balaban J connectivity index is 1.20. The maximum Gasteiger partial charge on any atom is 0.280 e.